The molecule has 0 bridgehead atoms. The predicted octanol–water partition coefficient (Wildman–Crippen LogP) is 0.878. The monoisotopic (exact) mass is 377 g/mol. The van der Waals surface area contributed by atoms with E-state index in [1.165, 1.54) is 6.33 Å². The number of aromatic nitrogens is 3. The number of aryl methyl sites for hydroxylation is 1. The Morgan fingerprint density at radius 3 is 2.43 bits per heavy atom. The van der Waals surface area contributed by atoms with Crippen LogP contribution in [-0.4, -0.2) is 38.2 Å². The summed E-state index contributed by atoms with van der Waals surface area (Å²) in [6.45, 7) is 0. The molecule has 142 valence electrons. The van der Waals surface area contributed by atoms with Crippen molar-refractivity contribution < 1.29 is 14.4 Å². The van der Waals surface area contributed by atoms with E-state index in [2.05, 4.69) is 15.3 Å². The Morgan fingerprint density at radius 1 is 1.07 bits per heavy atom. The van der Waals surface area contributed by atoms with Gasteiger partial charge in [-0.05, 0) is 17.7 Å². The second-order valence-corrected chi connectivity index (χ2v) is 6.21. The molecule has 3 aromatic rings. The third kappa shape index (κ3) is 4.12. The first-order valence-corrected chi connectivity index (χ1v) is 8.58. The highest BCUT2D eigenvalue weighted by Crippen LogP contribution is 2.20. The summed E-state index contributed by atoms with van der Waals surface area (Å²) < 4.78 is 1.67. The molecule has 0 saturated heterocycles. The minimum absolute atomic E-state index is 0.108. The lowest BCUT2D eigenvalue weighted by molar-refractivity contribution is -0.137. The lowest BCUT2D eigenvalue weighted by Gasteiger charge is -2.16. The van der Waals surface area contributed by atoms with Gasteiger partial charge in [-0.25, -0.2) is 4.98 Å². The van der Waals surface area contributed by atoms with Crippen LogP contribution in [-0.2, 0) is 23.1 Å². The van der Waals surface area contributed by atoms with Crippen molar-refractivity contribution in [3.8, 4) is 11.4 Å². The fraction of sp³-hybridized carbons (Fsp3) is 0.150. The molecule has 2 heterocycles. The number of rotatable bonds is 7. The molecule has 0 radical (unpaired) electrons. The first-order chi connectivity index (χ1) is 13.5. The summed E-state index contributed by atoms with van der Waals surface area (Å²) in [5.41, 5.74) is 7.12. The summed E-state index contributed by atoms with van der Waals surface area (Å²) in [6.07, 6.45) is 3.24. The first kappa shape index (κ1) is 19.0. The normalized spacial score (nSPS) is 11.6. The van der Waals surface area contributed by atoms with E-state index in [1.54, 1.807) is 60.3 Å². The van der Waals surface area contributed by atoms with Crippen LogP contribution >= 0.6 is 0 Å². The number of benzene rings is 1. The van der Waals surface area contributed by atoms with E-state index in [0.29, 0.717) is 11.4 Å². The second kappa shape index (κ2) is 8.26. The molecule has 0 aliphatic heterocycles. The van der Waals surface area contributed by atoms with Gasteiger partial charge in [-0.3, -0.25) is 19.4 Å². The zero-order chi connectivity index (χ0) is 20.1. The number of nitrogens with one attached hydrogen (secondary N) is 1. The van der Waals surface area contributed by atoms with Crippen LogP contribution in [0.1, 0.15) is 16.1 Å². The van der Waals surface area contributed by atoms with Crippen molar-refractivity contribution in [1.82, 2.24) is 19.9 Å². The number of primary amides is 1. The van der Waals surface area contributed by atoms with Gasteiger partial charge < -0.3 is 15.6 Å². The standard InChI is InChI=1S/C20H19N5O3/c1-25-12-23-16(17(25)14-9-5-6-10-22-14)20(28)24-15(18(26)19(21)27)11-13-7-3-2-4-8-13/h2-10,12,15H,11H2,1H3,(H2,21,27)(H,24,28). The molecule has 3 N–H and O–H groups in total. The van der Waals surface area contributed by atoms with Crippen LogP contribution in [0.5, 0.6) is 0 Å². The Hall–Kier alpha value is -3.81. The summed E-state index contributed by atoms with van der Waals surface area (Å²) in [5.74, 6) is -2.56. The van der Waals surface area contributed by atoms with Crippen molar-refractivity contribution >= 4 is 17.6 Å². The van der Waals surface area contributed by atoms with Crippen LogP contribution in [0.4, 0.5) is 0 Å². The fourth-order valence-electron chi connectivity index (χ4n) is 2.86. The molecular formula is C20H19N5O3. The van der Waals surface area contributed by atoms with Gasteiger partial charge in [0.05, 0.1) is 17.7 Å². The molecule has 28 heavy (non-hydrogen) atoms. The number of Topliss-reactive ketones (excluding diaryl/α,β-unsaturated/α-hetero) is 1. The van der Waals surface area contributed by atoms with Gasteiger partial charge in [0.2, 0.25) is 5.78 Å². The van der Waals surface area contributed by atoms with Gasteiger partial charge in [0, 0.05) is 19.7 Å². The topological polar surface area (TPSA) is 120 Å². The van der Waals surface area contributed by atoms with Crippen LogP contribution in [0.25, 0.3) is 11.4 Å². The van der Waals surface area contributed by atoms with Crippen molar-refractivity contribution in [2.45, 2.75) is 12.5 Å². The zero-order valence-electron chi connectivity index (χ0n) is 15.2. The minimum atomic E-state index is -1.10. The molecule has 2 amide bonds. The van der Waals surface area contributed by atoms with Crippen LogP contribution in [0.15, 0.2) is 61.1 Å². The van der Waals surface area contributed by atoms with Crippen LogP contribution in [0.3, 0.4) is 0 Å². The molecule has 0 saturated carbocycles. The van der Waals surface area contributed by atoms with E-state index >= 15 is 0 Å². The highest BCUT2D eigenvalue weighted by Gasteiger charge is 2.28. The molecule has 1 atom stereocenters. The number of carbonyl (C=O) groups is 3. The Balaban J connectivity index is 1.89. The van der Waals surface area contributed by atoms with Gasteiger partial charge in [-0.15, -0.1) is 0 Å². The molecule has 1 aromatic carbocycles. The summed E-state index contributed by atoms with van der Waals surface area (Å²) >= 11 is 0. The van der Waals surface area contributed by atoms with Gasteiger partial charge >= 0.3 is 0 Å². The van der Waals surface area contributed by atoms with Gasteiger partial charge in [0.15, 0.2) is 5.69 Å². The number of carbonyl (C=O) groups excluding carboxylic acids is 3. The third-order valence-corrected chi connectivity index (χ3v) is 4.21. The maximum absolute atomic E-state index is 12.9. The molecule has 0 spiro atoms. The molecule has 0 fully saturated rings. The lowest BCUT2D eigenvalue weighted by atomic mass is 10.0. The Bertz CT molecular complexity index is 999. The van der Waals surface area contributed by atoms with Gasteiger partial charge in [-0.1, -0.05) is 36.4 Å². The van der Waals surface area contributed by atoms with Crippen molar-refractivity contribution in [3.05, 3.63) is 72.3 Å². The fourth-order valence-corrected chi connectivity index (χ4v) is 2.86. The average molecular weight is 377 g/mol. The molecular weight excluding hydrogens is 358 g/mol. The van der Waals surface area contributed by atoms with Gasteiger partial charge in [-0.2, -0.15) is 0 Å². The number of nitrogens with zero attached hydrogens (tertiary/aromatic N) is 3. The minimum Gasteiger partial charge on any atom is -0.363 e. The van der Waals surface area contributed by atoms with Crippen LogP contribution in [0.2, 0.25) is 0 Å². The average Bonchev–Trinajstić information content (AvgIpc) is 3.09. The van der Waals surface area contributed by atoms with E-state index in [4.69, 9.17) is 5.73 Å². The highest BCUT2D eigenvalue weighted by molar-refractivity contribution is 6.38. The molecule has 3 rings (SSSR count). The largest absolute Gasteiger partial charge is 0.363 e. The molecule has 0 aliphatic rings. The van der Waals surface area contributed by atoms with Crippen molar-refractivity contribution in [2.24, 2.45) is 12.8 Å². The van der Waals surface area contributed by atoms with E-state index in [-0.39, 0.29) is 12.1 Å². The maximum Gasteiger partial charge on any atom is 0.287 e. The number of nitrogens with two attached hydrogens (primary N) is 1. The molecule has 2 aromatic heterocycles. The lowest BCUT2D eigenvalue weighted by Crippen LogP contribution is -2.47. The summed E-state index contributed by atoms with van der Waals surface area (Å²) in [6, 6.07) is 13.3. The number of amides is 2. The van der Waals surface area contributed by atoms with Crippen LogP contribution in [0, 0.1) is 0 Å². The number of pyridine rings is 1. The molecule has 0 aliphatic carbocycles. The van der Waals surface area contributed by atoms with Gasteiger partial charge in [0.1, 0.15) is 6.04 Å². The number of hydrogen-bond acceptors (Lipinski definition) is 5. The van der Waals surface area contributed by atoms with Crippen molar-refractivity contribution in [1.29, 1.82) is 0 Å². The predicted molar refractivity (Wildman–Crippen MR) is 102 cm³/mol. The van der Waals surface area contributed by atoms with Crippen molar-refractivity contribution in [3.63, 3.8) is 0 Å². The summed E-state index contributed by atoms with van der Waals surface area (Å²) in [4.78, 5) is 44.9. The third-order valence-electron chi connectivity index (χ3n) is 4.21. The second-order valence-electron chi connectivity index (χ2n) is 6.21. The smallest absolute Gasteiger partial charge is 0.287 e. The van der Waals surface area contributed by atoms with E-state index < -0.39 is 23.6 Å². The first-order valence-electron chi connectivity index (χ1n) is 8.58. The highest BCUT2D eigenvalue weighted by atomic mass is 16.2. The van der Waals surface area contributed by atoms with Gasteiger partial charge in [0.25, 0.3) is 11.8 Å². The van der Waals surface area contributed by atoms with Crippen LogP contribution < -0.4 is 11.1 Å². The maximum atomic E-state index is 12.9. The molecule has 1 unspecified atom stereocenters. The summed E-state index contributed by atoms with van der Waals surface area (Å²) in [7, 11) is 1.74. The summed E-state index contributed by atoms with van der Waals surface area (Å²) in [5, 5.41) is 2.59. The van der Waals surface area contributed by atoms with E-state index in [0.717, 1.165) is 5.56 Å². The Labute approximate surface area is 161 Å². The van der Waals surface area contributed by atoms with E-state index in [9.17, 15) is 14.4 Å². The number of imidazole rings is 1. The molecule has 8 nitrogen and oxygen atoms in total. The van der Waals surface area contributed by atoms with E-state index in [1.807, 2.05) is 6.07 Å². The Kier molecular flexibility index (Phi) is 5.59. The zero-order valence-corrected chi connectivity index (χ0v) is 15.2. The Morgan fingerprint density at radius 2 is 1.79 bits per heavy atom. The SMILES string of the molecule is Cn1cnc(C(=O)NC(Cc2ccccc2)C(=O)C(N)=O)c1-c1ccccn1. The number of hydrogen-bond donors (Lipinski definition) is 2. The van der Waals surface area contributed by atoms with Crippen molar-refractivity contribution in [2.75, 3.05) is 0 Å². The number of ketones is 1. The molecule has 8 heteroatoms. The quantitative estimate of drug-likeness (QED) is 0.592.